The van der Waals surface area contributed by atoms with Crippen molar-refractivity contribution in [1.82, 2.24) is 19.6 Å². The molecule has 0 fully saturated rings. The Balaban J connectivity index is 2.46. The second-order valence-electron chi connectivity index (χ2n) is 3.86. The molecule has 6 nitrogen and oxygen atoms in total. The molecule has 0 saturated carbocycles. The highest BCUT2D eigenvalue weighted by Crippen LogP contribution is 2.35. The Kier molecular flexibility index (Phi) is 3.71. The molecule has 0 aromatic carbocycles. The monoisotopic (exact) mass is 308 g/mol. The third-order valence-corrected chi connectivity index (χ3v) is 2.82. The maximum absolute atomic E-state index is 12.7. The number of hydrogen-bond donors (Lipinski definition) is 1. The molecule has 1 N–H and O–H groups in total. The Bertz CT molecular complexity index is 621. The van der Waals surface area contributed by atoms with Crippen molar-refractivity contribution in [3.05, 3.63) is 34.9 Å². The van der Waals surface area contributed by atoms with Crippen LogP contribution in [0, 0.1) is 0 Å². The van der Waals surface area contributed by atoms with Gasteiger partial charge < -0.3 is 5.11 Å². The third-order valence-electron chi connectivity index (χ3n) is 2.42. The van der Waals surface area contributed by atoms with E-state index in [2.05, 4.69) is 10.2 Å². The van der Waals surface area contributed by atoms with Crippen molar-refractivity contribution < 1.29 is 23.1 Å². The minimum absolute atomic E-state index is 0.0647. The summed E-state index contributed by atoms with van der Waals surface area (Å²) in [7, 11) is 0. The van der Waals surface area contributed by atoms with Crippen molar-refractivity contribution in [2.75, 3.05) is 0 Å². The maximum atomic E-state index is 12.7. The normalized spacial score (nSPS) is 11.8. The van der Waals surface area contributed by atoms with Crippen LogP contribution in [0.25, 0.3) is 0 Å². The van der Waals surface area contributed by atoms with Crippen molar-refractivity contribution in [1.29, 1.82) is 0 Å². The number of rotatable bonds is 4. The zero-order valence-electron chi connectivity index (χ0n) is 9.80. The average Bonchev–Trinajstić information content (AvgIpc) is 2.90. The van der Waals surface area contributed by atoms with Crippen LogP contribution in [-0.4, -0.2) is 30.6 Å². The second-order valence-corrected chi connectivity index (χ2v) is 4.24. The lowest BCUT2D eigenvalue weighted by Gasteiger charge is -2.05. The molecular formula is C10H8ClF3N4O2. The predicted molar refractivity (Wildman–Crippen MR) is 61.2 cm³/mol. The molecule has 2 heterocycles. The Morgan fingerprint density at radius 2 is 2.15 bits per heavy atom. The van der Waals surface area contributed by atoms with E-state index >= 15 is 0 Å². The first-order chi connectivity index (χ1) is 9.29. The molecule has 2 rings (SSSR count). The Hall–Kier alpha value is -2.03. The molecule has 0 aliphatic carbocycles. The number of carbonyl (C=O) groups is 1. The first kappa shape index (κ1) is 14.4. The summed E-state index contributed by atoms with van der Waals surface area (Å²) < 4.78 is 40.2. The van der Waals surface area contributed by atoms with Crippen molar-refractivity contribution in [3.8, 4) is 0 Å². The van der Waals surface area contributed by atoms with Gasteiger partial charge >= 0.3 is 12.1 Å². The highest BCUT2D eigenvalue weighted by Gasteiger charge is 2.39. The predicted octanol–water partition coefficient (Wildman–Crippen LogP) is 1.88. The van der Waals surface area contributed by atoms with Crippen molar-refractivity contribution in [2.45, 2.75) is 19.3 Å². The molecule has 10 heteroatoms. The van der Waals surface area contributed by atoms with Gasteiger partial charge in [-0.05, 0) is 6.07 Å². The van der Waals surface area contributed by atoms with Crippen LogP contribution in [0.5, 0.6) is 0 Å². The fraction of sp³-hybridized carbons (Fsp3) is 0.300. The number of carboxylic acids is 1. The van der Waals surface area contributed by atoms with Gasteiger partial charge in [-0.2, -0.15) is 23.4 Å². The lowest BCUT2D eigenvalue weighted by atomic mass is 10.3. The van der Waals surface area contributed by atoms with Gasteiger partial charge in [-0.3, -0.25) is 14.2 Å². The van der Waals surface area contributed by atoms with Gasteiger partial charge in [0.15, 0.2) is 5.69 Å². The van der Waals surface area contributed by atoms with Crippen molar-refractivity contribution in [2.24, 2.45) is 0 Å². The topological polar surface area (TPSA) is 72.9 Å². The minimum Gasteiger partial charge on any atom is -0.480 e. The van der Waals surface area contributed by atoms with E-state index in [1.807, 2.05) is 0 Å². The van der Waals surface area contributed by atoms with Gasteiger partial charge in [-0.25, -0.2) is 0 Å². The maximum Gasteiger partial charge on any atom is 0.436 e. The molecule has 2 aromatic heterocycles. The van der Waals surface area contributed by atoms with Crippen LogP contribution in [0.3, 0.4) is 0 Å². The van der Waals surface area contributed by atoms with Gasteiger partial charge in [-0.1, -0.05) is 11.6 Å². The van der Waals surface area contributed by atoms with E-state index in [0.29, 0.717) is 0 Å². The van der Waals surface area contributed by atoms with Crippen LogP contribution in [-0.2, 0) is 24.1 Å². The Labute approximate surface area is 115 Å². The lowest BCUT2D eigenvalue weighted by molar-refractivity contribution is -0.143. The van der Waals surface area contributed by atoms with E-state index < -0.39 is 29.4 Å². The highest BCUT2D eigenvalue weighted by atomic mass is 35.5. The van der Waals surface area contributed by atoms with Gasteiger partial charge in [0.2, 0.25) is 0 Å². The molecule has 0 amide bonds. The molecule has 20 heavy (non-hydrogen) atoms. The highest BCUT2D eigenvalue weighted by molar-refractivity contribution is 6.32. The molecular weight excluding hydrogens is 301 g/mol. The van der Waals surface area contributed by atoms with Gasteiger partial charge in [0.1, 0.15) is 6.54 Å². The molecule has 0 spiro atoms. The number of aliphatic carboxylic acids is 1. The number of hydrogen-bond acceptors (Lipinski definition) is 3. The molecule has 0 radical (unpaired) electrons. The van der Waals surface area contributed by atoms with E-state index in [1.54, 1.807) is 6.07 Å². The third kappa shape index (κ3) is 2.93. The van der Waals surface area contributed by atoms with Crippen LogP contribution >= 0.6 is 11.6 Å². The zero-order chi connectivity index (χ0) is 14.9. The van der Waals surface area contributed by atoms with Crippen molar-refractivity contribution in [3.63, 3.8) is 0 Å². The fourth-order valence-electron chi connectivity index (χ4n) is 1.61. The number of alkyl halides is 3. The minimum atomic E-state index is -4.75. The van der Waals surface area contributed by atoms with Gasteiger partial charge in [0.25, 0.3) is 0 Å². The first-order valence-electron chi connectivity index (χ1n) is 5.30. The summed E-state index contributed by atoms with van der Waals surface area (Å²) in [6.45, 7) is -0.825. The quantitative estimate of drug-likeness (QED) is 0.936. The Morgan fingerprint density at radius 1 is 1.45 bits per heavy atom. The van der Waals surface area contributed by atoms with Gasteiger partial charge in [-0.15, -0.1) is 0 Å². The van der Waals surface area contributed by atoms with E-state index in [9.17, 15) is 18.0 Å². The molecule has 0 saturated heterocycles. The summed E-state index contributed by atoms with van der Waals surface area (Å²) in [6, 6.07) is 1.58. The van der Waals surface area contributed by atoms with Gasteiger partial charge in [0, 0.05) is 12.4 Å². The zero-order valence-corrected chi connectivity index (χ0v) is 10.6. The summed E-state index contributed by atoms with van der Waals surface area (Å²) in [5.41, 5.74) is -1.37. The van der Waals surface area contributed by atoms with Crippen LogP contribution in [0.15, 0.2) is 18.5 Å². The van der Waals surface area contributed by atoms with Crippen LogP contribution in [0.2, 0.25) is 5.02 Å². The average molecular weight is 309 g/mol. The summed E-state index contributed by atoms with van der Waals surface area (Å²) >= 11 is 5.68. The van der Waals surface area contributed by atoms with E-state index in [4.69, 9.17) is 16.7 Å². The second kappa shape index (κ2) is 5.16. The van der Waals surface area contributed by atoms with Crippen LogP contribution in [0.1, 0.15) is 11.4 Å². The van der Waals surface area contributed by atoms with E-state index in [-0.39, 0.29) is 12.2 Å². The van der Waals surface area contributed by atoms with Crippen LogP contribution in [0.4, 0.5) is 13.2 Å². The van der Waals surface area contributed by atoms with Crippen molar-refractivity contribution >= 4 is 17.6 Å². The molecule has 108 valence electrons. The van der Waals surface area contributed by atoms with Crippen LogP contribution < -0.4 is 0 Å². The number of aromatic nitrogens is 4. The summed E-state index contributed by atoms with van der Waals surface area (Å²) in [5.74, 6) is -1.32. The summed E-state index contributed by atoms with van der Waals surface area (Å²) in [6.07, 6.45) is -1.79. The van der Waals surface area contributed by atoms with E-state index in [0.717, 1.165) is 4.68 Å². The van der Waals surface area contributed by atoms with E-state index in [1.165, 1.54) is 17.1 Å². The molecule has 0 atom stereocenters. The molecule has 0 aliphatic rings. The Morgan fingerprint density at radius 3 is 2.65 bits per heavy atom. The summed E-state index contributed by atoms with van der Waals surface area (Å²) in [4.78, 5) is 10.7. The first-order valence-corrected chi connectivity index (χ1v) is 5.68. The number of carboxylic acid groups (broad SMARTS) is 1. The molecule has 2 aromatic rings. The molecule has 0 bridgehead atoms. The molecule has 0 unspecified atom stereocenters. The molecule has 0 aliphatic heterocycles. The SMILES string of the molecule is O=C(O)Cn1nc(C(F)(F)F)c(Cl)c1Cn1cccn1. The number of halogens is 4. The van der Waals surface area contributed by atoms with Gasteiger partial charge in [0.05, 0.1) is 17.3 Å². The fourth-order valence-corrected chi connectivity index (χ4v) is 1.92. The number of nitrogens with zero attached hydrogens (tertiary/aromatic N) is 4. The summed E-state index contributed by atoms with van der Waals surface area (Å²) in [5, 5.41) is 15.2. The standard InChI is InChI=1S/C10H8ClF3N4O2/c11-8-6(4-17-3-1-2-15-17)18(5-7(19)20)16-9(8)10(12,13)14/h1-3H,4-5H2,(H,19,20). The lowest BCUT2D eigenvalue weighted by Crippen LogP contribution is -2.16. The smallest absolute Gasteiger partial charge is 0.436 e. The largest absolute Gasteiger partial charge is 0.480 e.